The van der Waals surface area contributed by atoms with Gasteiger partial charge in [-0.05, 0) is 30.4 Å². The lowest BCUT2D eigenvalue weighted by Gasteiger charge is -2.23. The molecule has 88 valence electrons. The van der Waals surface area contributed by atoms with E-state index in [1.807, 2.05) is 0 Å². The average Bonchev–Trinajstić information content (AvgIpc) is 2.75. The molecule has 2 atom stereocenters. The summed E-state index contributed by atoms with van der Waals surface area (Å²) in [6.07, 6.45) is 6.15. The van der Waals surface area contributed by atoms with Crippen molar-refractivity contribution in [2.45, 2.75) is 51.0 Å². The number of fused-ring (bicyclic) bond motifs is 1. The third-order valence-electron chi connectivity index (χ3n) is 3.75. The van der Waals surface area contributed by atoms with Crippen molar-refractivity contribution in [1.82, 2.24) is 5.43 Å². The summed E-state index contributed by atoms with van der Waals surface area (Å²) < 4.78 is 0. The fourth-order valence-corrected chi connectivity index (χ4v) is 2.83. The Morgan fingerprint density at radius 1 is 1.44 bits per heavy atom. The Bertz CT molecular complexity index is 335. The molecule has 2 heteroatoms. The molecule has 0 amide bonds. The molecule has 3 N–H and O–H groups in total. The number of aryl methyl sites for hydroxylation is 1. The Labute approximate surface area is 98.2 Å². The molecule has 2 rings (SSSR count). The van der Waals surface area contributed by atoms with Crippen LogP contribution in [0.1, 0.15) is 49.7 Å². The summed E-state index contributed by atoms with van der Waals surface area (Å²) in [4.78, 5) is 0. The first kappa shape index (κ1) is 11.6. The fraction of sp³-hybridized carbons (Fsp3) is 0.571. The zero-order chi connectivity index (χ0) is 11.4. The standard InChI is InChI=1S/C14H22N2/c1-2-3-8-14(16-15)13-10-9-11-6-4-5-7-12(11)13/h4-7,13-14,16H,2-3,8-10,15H2,1H3. The SMILES string of the molecule is CCCCC(NN)C1CCc2ccccc21. The maximum absolute atomic E-state index is 5.70. The van der Waals surface area contributed by atoms with Gasteiger partial charge in [0.15, 0.2) is 0 Å². The van der Waals surface area contributed by atoms with Gasteiger partial charge in [0.1, 0.15) is 0 Å². The van der Waals surface area contributed by atoms with Crippen LogP contribution in [0, 0.1) is 0 Å². The zero-order valence-corrected chi connectivity index (χ0v) is 10.1. The molecular weight excluding hydrogens is 196 g/mol. The Kier molecular flexibility index (Phi) is 3.97. The van der Waals surface area contributed by atoms with E-state index in [1.54, 1.807) is 0 Å². The summed E-state index contributed by atoms with van der Waals surface area (Å²) in [5, 5.41) is 0. The van der Waals surface area contributed by atoms with Crippen molar-refractivity contribution >= 4 is 0 Å². The predicted octanol–water partition coefficient (Wildman–Crippen LogP) is 2.74. The molecule has 0 aliphatic heterocycles. The van der Waals surface area contributed by atoms with Crippen molar-refractivity contribution in [2.24, 2.45) is 5.84 Å². The van der Waals surface area contributed by atoms with Gasteiger partial charge in [-0.1, -0.05) is 44.0 Å². The Balaban J connectivity index is 2.10. The zero-order valence-electron chi connectivity index (χ0n) is 10.1. The number of hydrazine groups is 1. The van der Waals surface area contributed by atoms with Gasteiger partial charge in [0.25, 0.3) is 0 Å². The molecule has 0 spiro atoms. The summed E-state index contributed by atoms with van der Waals surface area (Å²) in [7, 11) is 0. The van der Waals surface area contributed by atoms with Crippen LogP contribution in [-0.2, 0) is 6.42 Å². The van der Waals surface area contributed by atoms with E-state index in [0.717, 1.165) is 0 Å². The van der Waals surface area contributed by atoms with Crippen LogP contribution in [0.15, 0.2) is 24.3 Å². The average molecular weight is 218 g/mol. The second kappa shape index (κ2) is 5.46. The second-order valence-electron chi connectivity index (χ2n) is 4.76. The Hall–Kier alpha value is -0.860. The molecule has 0 heterocycles. The molecule has 1 aromatic carbocycles. The van der Waals surface area contributed by atoms with E-state index >= 15 is 0 Å². The normalized spacial score (nSPS) is 20.8. The fourth-order valence-electron chi connectivity index (χ4n) is 2.83. The first-order chi connectivity index (χ1) is 7.86. The van der Waals surface area contributed by atoms with Crippen LogP contribution in [0.4, 0.5) is 0 Å². The van der Waals surface area contributed by atoms with Crippen molar-refractivity contribution in [3.63, 3.8) is 0 Å². The van der Waals surface area contributed by atoms with Crippen LogP contribution in [-0.4, -0.2) is 6.04 Å². The van der Waals surface area contributed by atoms with E-state index in [1.165, 1.54) is 43.2 Å². The summed E-state index contributed by atoms with van der Waals surface area (Å²) in [6.45, 7) is 2.23. The van der Waals surface area contributed by atoms with E-state index in [0.29, 0.717) is 12.0 Å². The molecule has 0 aromatic heterocycles. The van der Waals surface area contributed by atoms with E-state index in [4.69, 9.17) is 5.84 Å². The van der Waals surface area contributed by atoms with Crippen molar-refractivity contribution in [3.8, 4) is 0 Å². The van der Waals surface area contributed by atoms with Crippen LogP contribution in [0.5, 0.6) is 0 Å². The molecule has 2 unspecified atom stereocenters. The largest absolute Gasteiger partial charge is 0.271 e. The lowest BCUT2D eigenvalue weighted by molar-refractivity contribution is 0.402. The van der Waals surface area contributed by atoms with E-state index in [-0.39, 0.29) is 0 Å². The monoisotopic (exact) mass is 218 g/mol. The van der Waals surface area contributed by atoms with Gasteiger partial charge in [-0.2, -0.15) is 0 Å². The molecule has 16 heavy (non-hydrogen) atoms. The molecule has 0 bridgehead atoms. The molecule has 0 saturated carbocycles. The van der Waals surface area contributed by atoms with Crippen LogP contribution < -0.4 is 11.3 Å². The van der Waals surface area contributed by atoms with Gasteiger partial charge in [-0.15, -0.1) is 0 Å². The Morgan fingerprint density at radius 2 is 2.25 bits per heavy atom. The van der Waals surface area contributed by atoms with Crippen LogP contribution in [0.25, 0.3) is 0 Å². The minimum atomic E-state index is 0.448. The Morgan fingerprint density at radius 3 is 3.00 bits per heavy atom. The highest BCUT2D eigenvalue weighted by atomic mass is 15.2. The highest BCUT2D eigenvalue weighted by Crippen LogP contribution is 2.36. The van der Waals surface area contributed by atoms with Gasteiger partial charge in [0.2, 0.25) is 0 Å². The minimum Gasteiger partial charge on any atom is -0.271 e. The van der Waals surface area contributed by atoms with Crippen LogP contribution in [0.3, 0.4) is 0 Å². The lowest BCUT2D eigenvalue weighted by atomic mass is 9.90. The van der Waals surface area contributed by atoms with Gasteiger partial charge in [-0.3, -0.25) is 11.3 Å². The molecule has 1 aliphatic carbocycles. The summed E-state index contributed by atoms with van der Waals surface area (Å²) in [5.41, 5.74) is 6.05. The molecule has 1 aromatic rings. The maximum atomic E-state index is 5.70. The van der Waals surface area contributed by atoms with Crippen molar-refractivity contribution in [1.29, 1.82) is 0 Å². The first-order valence-corrected chi connectivity index (χ1v) is 6.40. The third kappa shape index (κ3) is 2.28. The second-order valence-corrected chi connectivity index (χ2v) is 4.76. The van der Waals surface area contributed by atoms with Crippen molar-refractivity contribution in [3.05, 3.63) is 35.4 Å². The molecular formula is C14H22N2. The topological polar surface area (TPSA) is 38.0 Å². The van der Waals surface area contributed by atoms with Crippen LogP contribution >= 0.6 is 0 Å². The third-order valence-corrected chi connectivity index (χ3v) is 3.75. The van der Waals surface area contributed by atoms with Gasteiger partial charge < -0.3 is 0 Å². The van der Waals surface area contributed by atoms with E-state index < -0.39 is 0 Å². The summed E-state index contributed by atoms with van der Waals surface area (Å²) in [6, 6.07) is 9.25. The number of nitrogens with two attached hydrogens (primary N) is 1. The first-order valence-electron chi connectivity index (χ1n) is 6.40. The molecule has 2 nitrogen and oxygen atoms in total. The number of unbranched alkanes of at least 4 members (excludes halogenated alkanes) is 1. The summed E-state index contributed by atoms with van der Waals surface area (Å²) in [5.74, 6) is 6.32. The number of nitrogens with one attached hydrogen (secondary N) is 1. The van der Waals surface area contributed by atoms with Crippen molar-refractivity contribution < 1.29 is 0 Å². The molecule has 1 aliphatic rings. The number of hydrogen-bond donors (Lipinski definition) is 2. The maximum Gasteiger partial charge on any atom is 0.0279 e. The minimum absolute atomic E-state index is 0.448. The quantitative estimate of drug-likeness (QED) is 0.589. The highest BCUT2D eigenvalue weighted by Gasteiger charge is 2.28. The van der Waals surface area contributed by atoms with Crippen molar-refractivity contribution in [2.75, 3.05) is 0 Å². The predicted molar refractivity (Wildman–Crippen MR) is 68.1 cm³/mol. The summed E-state index contributed by atoms with van der Waals surface area (Å²) >= 11 is 0. The molecule has 0 fully saturated rings. The van der Waals surface area contributed by atoms with Gasteiger partial charge in [0.05, 0.1) is 0 Å². The molecule has 0 radical (unpaired) electrons. The van der Waals surface area contributed by atoms with E-state index in [9.17, 15) is 0 Å². The van der Waals surface area contributed by atoms with E-state index in [2.05, 4.69) is 36.6 Å². The highest BCUT2D eigenvalue weighted by molar-refractivity contribution is 5.35. The number of benzene rings is 1. The van der Waals surface area contributed by atoms with Gasteiger partial charge in [-0.25, -0.2) is 0 Å². The number of hydrogen-bond acceptors (Lipinski definition) is 2. The van der Waals surface area contributed by atoms with Crippen LogP contribution in [0.2, 0.25) is 0 Å². The lowest BCUT2D eigenvalue weighted by Crippen LogP contribution is -2.39. The van der Waals surface area contributed by atoms with Gasteiger partial charge in [0, 0.05) is 12.0 Å². The smallest absolute Gasteiger partial charge is 0.0279 e. The molecule has 0 saturated heterocycles. The van der Waals surface area contributed by atoms with Gasteiger partial charge >= 0.3 is 0 Å². The number of rotatable bonds is 5.